The molecule has 0 saturated carbocycles. The standard InChI is InChI=1S/C10H10O4/c1-6-3-9(14-2)10(13)8(5-12)7(6)4-11/h3-5,13H,1-2H3. The summed E-state index contributed by atoms with van der Waals surface area (Å²) >= 11 is 0. The first-order valence-electron chi connectivity index (χ1n) is 3.96. The Morgan fingerprint density at radius 2 is 1.86 bits per heavy atom. The maximum absolute atomic E-state index is 10.7. The number of aldehydes is 2. The number of phenols is 1. The minimum atomic E-state index is -0.296. The van der Waals surface area contributed by atoms with Crippen LogP contribution >= 0.6 is 0 Å². The quantitative estimate of drug-likeness (QED) is 0.737. The fourth-order valence-electron chi connectivity index (χ4n) is 1.25. The molecular formula is C10H10O4. The number of aryl methyl sites for hydroxylation is 1. The van der Waals surface area contributed by atoms with Gasteiger partial charge in [-0.1, -0.05) is 0 Å². The minimum Gasteiger partial charge on any atom is -0.504 e. The van der Waals surface area contributed by atoms with E-state index >= 15 is 0 Å². The normalized spacial score (nSPS) is 9.57. The summed E-state index contributed by atoms with van der Waals surface area (Å²) in [5.41, 5.74) is 0.756. The van der Waals surface area contributed by atoms with Gasteiger partial charge in [-0.15, -0.1) is 0 Å². The molecule has 0 heterocycles. The number of aromatic hydroxyl groups is 1. The van der Waals surface area contributed by atoms with Gasteiger partial charge in [-0.3, -0.25) is 9.59 Å². The van der Waals surface area contributed by atoms with Gasteiger partial charge in [0.1, 0.15) is 0 Å². The molecule has 1 N–H and O–H groups in total. The molecule has 0 aliphatic carbocycles. The topological polar surface area (TPSA) is 63.6 Å². The summed E-state index contributed by atoms with van der Waals surface area (Å²) in [7, 11) is 1.38. The zero-order valence-corrected chi connectivity index (χ0v) is 7.90. The predicted octanol–water partition coefficient (Wildman–Crippen LogP) is 1.33. The largest absolute Gasteiger partial charge is 0.504 e. The molecule has 1 rings (SSSR count). The van der Waals surface area contributed by atoms with E-state index < -0.39 is 0 Å². The Labute approximate surface area is 81.1 Å². The van der Waals surface area contributed by atoms with Crippen LogP contribution in [-0.2, 0) is 0 Å². The van der Waals surface area contributed by atoms with Crippen molar-refractivity contribution in [2.24, 2.45) is 0 Å². The average Bonchev–Trinajstić information content (AvgIpc) is 2.20. The highest BCUT2D eigenvalue weighted by atomic mass is 16.5. The molecule has 0 bridgehead atoms. The highest BCUT2D eigenvalue weighted by Crippen LogP contribution is 2.32. The van der Waals surface area contributed by atoms with Crippen LogP contribution in [0.5, 0.6) is 11.5 Å². The van der Waals surface area contributed by atoms with Crippen LogP contribution in [0.2, 0.25) is 0 Å². The Hall–Kier alpha value is -1.84. The van der Waals surface area contributed by atoms with E-state index in [-0.39, 0.29) is 22.6 Å². The molecule has 74 valence electrons. The molecule has 14 heavy (non-hydrogen) atoms. The Bertz CT molecular complexity index is 382. The first-order valence-corrected chi connectivity index (χ1v) is 3.96. The van der Waals surface area contributed by atoms with Gasteiger partial charge >= 0.3 is 0 Å². The van der Waals surface area contributed by atoms with Gasteiger partial charge in [0.25, 0.3) is 0 Å². The SMILES string of the molecule is COc1cc(C)c(C=O)c(C=O)c1O. The lowest BCUT2D eigenvalue weighted by atomic mass is 10.0. The maximum atomic E-state index is 10.7. The van der Waals surface area contributed by atoms with Crippen molar-refractivity contribution in [2.45, 2.75) is 6.92 Å². The van der Waals surface area contributed by atoms with Crippen LogP contribution in [0, 0.1) is 6.92 Å². The van der Waals surface area contributed by atoms with Crippen molar-refractivity contribution in [3.8, 4) is 11.5 Å². The van der Waals surface area contributed by atoms with Crippen molar-refractivity contribution < 1.29 is 19.4 Å². The fourth-order valence-corrected chi connectivity index (χ4v) is 1.25. The number of phenolic OH excluding ortho intramolecular Hbond substituents is 1. The summed E-state index contributed by atoms with van der Waals surface area (Å²) in [5, 5.41) is 9.51. The van der Waals surface area contributed by atoms with E-state index in [1.165, 1.54) is 13.2 Å². The number of methoxy groups -OCH3 is 1. The van der Waals surface area contributed by atoms with Gasteiger partial charge < -0.3 is 9.84 Å². The molecule has 4 nitrogen and oxygen atoms in total. The number of hydrogen-bond donors (Lipinski definition) is 1. The number of carbonyl (C=O) groups is 2. The van der Waals surface area contributed by atoms with E-state index in [9.17, 15) is 14.7 Å². The van der Waals surface area contributed by atoms with E-state index in [1.54, 1.807) is 6.92 Å². The number of ether oxygens (including phenoxy) is 1. The summed E-state index contributed by atoms with van der Waals surface area (Å²) in [5.74, 6) is -0.106. The van der Waals surface area contributed by atoms with Crippen molar-refractivity contribution in [3.63, 3.8) is 0 Å². The molecule has 0 saturated heterocycles. The summed E-state index contributed by atoms with van der Waals surface area (Å²) < 4.78 is 4.84. The van der Waals surface area contributed by atoms with Crippen LogP contribution in [0.3, 0.4) is 0 Å². The second-order valence-electron chi connectivity index (χ2n) is 2.81. The third-order valence-corrected chi connectivity index (χ3v) is 2.01. The van der Waals surface area contributed by atoms with Gasteiger partial charge in [0, 0.05) is 5.56 Å². The highest BCUT2D eigenvalue weighted by Gasteiger charge is 2.14. The summed E-state index contributed by atoms with van der Waals surface area (Å²) in [6.07, 6.45) is 0.979. The summed E-state index contributed by atoms with van der Waals surface area (Å²) in [6.45, 7) is 1.67. The van der Waals surface area contributed by atoms with Crippen molar-refractivity contribution >= 4 is 12.6 Å². The van der Waals surface area contributed by atoms with Gasteiger partial charge in [0.15, 0.2) is 24.1 Å². The molecule has 0 fully saturated rings. The average molecular weight is 194 g/mol. The molecule has 0 atom stereocenters. The Morgan fingerprint density at radius 1 is 1.29 bits per heavy atom. The van der Waals surface area contributed by atoms with Crippen molar-refractivity contribution in [1.29, 1.82) is 0 Å². The van der Waals surface area contributed by atoms with E-state index in [0.29, 0.717) is 18.1 Å². The number of carbonyl (C=O) groups excluding carboxylic acids is 2. The predicted molar refractivity (Wildman–Crippen MR) is 50.2 cm³/mol. The van der Waals surface area contributed by atoms with Gasteiger partial charge in [-0.2, -0.15) is 0 Å². The number of hydrogen-bond acceptors (Lipinski definition) is 4. The van der Waals surface area contributed by atoms with Gasteiger partial charge in [0.05, 0.1) is 12.7 Å². The minimum absolute atomic E-state index is 0.0307. The molecule has 1 aromatic carbocycles. The Morgan fingerprint density at radius 3 is 2.29 bits per heavy atom. The molecule has 4 heteroatoms. The van der Waals surface area contributed by atoms with E-state index in [1.807, 2.05) is 0 Å². The van der Waals surface area contributed by atoms with Crippen molar-refractivity contribution in [1.82, 2.24) is 0 Å². The highest BCUT2D eigenvalue weighted by molar-refractivity contribution is 5.95. The van der Waals surface area contributed by atoms with Crippen LogP contribution in [0.15, 0.2) is 6.07 Å². The van der Waals surface area contributed by atoms with Crippen LogP contribution in [0.4, 0.5) is 0 Å². The van der Waals surface area contributed by atoms with E-state index in [4.69, 9.17) is 4.74 Å². The molecule has 0 radical (unpaired) electrons. The first kappa shape index (κ1) is 10.2. The Kier molecular flexibility index (Phi) is 2.86. The first-order chi connectivity index (χ1) is 6.65. The zero-order chi connectivity index (χ0) is 10.7. The number of rotatable bonds is 3. The second kappa shape index (κ2) is 3.91. The van der Waals surface area contributed by atoms with Crippen LogP contribution < -0.4 is 4.74 Å². The summed E-state index contributed by atoms with van der Waals surface area (Å²) in [4.78, 5) is 21.3. The molecule has 0 aliphatic rings. The smallest absolute Gasteiger partial charge is 0.169 e. The van der Waals surface area contributed by atoms with Crippen LogP contribution in [0.25, 0.3) is 0 Å². The molecule has 0 amide bonds. The second-order valence-corrected chi connectivity index (χ2v) is 2.81. The van der Waals surface area contributed by atoms with Crippen LogP contribution in [-0.4, -0.2) is 24.8 Å². The van der Waals surface area contributed by atoms with Gasteiger partial charge in [-0.05, 0) is 18.6 Å². The third kappa shape index (κ3) is 1.46. The lowest BCUT2D eigenvalue weighted by Crippen LogP contribution is -1.98. The van der Waals surface area contributed by atoms with Crippen molar-refractivity contribution in [3.05, 3.63) is 22.8 Å². The molecule has 0 aromatic heterocycles. The lowest BCUT2D eigenvalue weighted by molar-refractivity contribution is 0.109. The third-order valence-electron chi connectivity index (χ3n) is 2.01. The van der Waals surface area contributed by atoms with E-state index in [0.717, 1.165) is 0 Å². The van der Waals surface area contributed by atoms with Crippen LogP contribution in [0.1, 0.15) is 26.3 Å². The Balaban J connectivity index is 3.55. The van der Waals surface area contributed by atoms with Gasteiger partial charge in [0.2, 0.25) is 0 Å². The molecule has 0 unspecified atom stereocenters. The lowest BCUT2D eigenvalue weighted by Gasteiger charge is -2.09. The van der Waals surface area contributed by atoms with Gasteiger partial charge in [-0.25, -0.2) is 0 Å². The van der Waals surface area contributed by atoms with Crippen molar-refractivity contribution in [2.75, 3.05) is 7.11 Å². The van der Waals surface area contributed by atoms with E-state index in [2.05, 4.69) is 0 Å². The monoisotopic (exact) mass is 194 g/mol. The fraction of sp³-hybridized carbons (Fsp3) is 0.200. The summed E-state index contributed by atoms with van der Waals surface area (Å²) in [6, 6.07) is 1.51. The number of benzene rings is 1. The molecule has 0 aliphatic heterocycles. The molecular weight excluding hydrogens is 184 g/mol. The molecule has 0 spiro atoms. The zero-order valence-electron chi connectivity index (χ0n) is 7.90. The molecule has 1 aromatic rings. The maximum Gasteiger partial charge on any atom is 0.169 e.